The molecule has 0 amide bonds. The number of nitrogens with zero attached hydrogens (tertiary/aromatic N) is 1. The fourth-order valence-corrected chi connectivity index (χ4v) is 3.06. The topological polar surface area (TPSA) is 66.6 Å². The van der Waals surface area contributed by atoms with Gasteiger partial charge in [-0.15, -0.1) is 0 Å². The quantitative estimate of drug-likeness (QED) is 0.820. The normalized spacial score (nSPS) is 28.2. The van der Waals surface area contributed by atoms with Gasteiger partial charge in [-0.1, -0.05) is 15.9 Å². The highest BCUT2D eigenvalue weighted by atomic mass is 79.9. The molecule has 1 saturated heterocycles. The first kappa shape index (κ1) is 13.4. The van der Waals surface area contributed by atoms with E-state index < -0.39 is 5.97 Å². The van der Waals surface area contributed by atoms with Crippen LogP contribution in [0, 0.1) is 0 Å². The lowest BCUT2D eigenvalue weighted by molar-refractivity contribution is 0.0697. The first-order valence-corrected chi connectivity index (χ1v) is 6.90. The molecule has 1 aliphatic rings. The summed E-state index contributed by atoms with van der Waals surface area (Å²) in [7, 11) is 0. The molecule has 1 aromatic carbocycles. The lowest BCUT2D eigenvalue weighted by atomic mass is 9.97. The van der Waals surface area contributed by atoms with Gasteiger partial charge in [0.1, 0.15) is 0 Å². The predicted molar refractivity (Wildman–Crippen MR) is 75.5 cm³/mol. The molecule has 5 heteroatoms. The van der Waals surface area contributed by atoms with Crippen LogP contribution in [0.15, 0.2) is 24.3 Å². The van der Waals surface area contributed by atoms with E-state index in [2.05, 4.69) is 27.8 Å². The second kappa shape index (κ2) is 5.28. The molecular formula is C13H17BrN2O2. The van der Waals surface area contributed by atoms with Crippen LogP contribution >= 0.6 is 15.9 Å². The summed E-state index contributed by atoms with van der Waals surface area (Å²) in [6.07, 6.45) is 0.963. The van der Waals surface area contributed by atoms with Gasteiger partial charge in [0.25, 0.3) is 0 Å². The minimum Gasteiger partial charge on any atom is -0.478 e. The maximum atomic E-state index is 10.8. The molecule has 1 aromatic rings. The Bertz CT molecular complexity index is 435. The maximum Gasteiger partial charge on any atom is 0.335 e. The molecule has 0 bridgehead atoms. The summed E-state index contributed by atoms with van der Waals surface area (Å²) < 4.78 is 0. The lowest BCUT2D eigenvalue weighted by Gasteiger charge is -2.41. The molecule has 2 rings (SSSR count). The van der Waals surface area contributed by atoms with Gasteiger partial charge in [-0.25, -0.2) is 4.79 Å². The molecule has 1 fully saturated rings. The molecule has 1 aliphatic heterocycles. The third-order valence-corrected chi connectivity index (χ3v) is 4.14. The fourth-order valence-electron chi connectivity index (χ4n) is 2.31. The number of aromatic carboxylic acids is 1. The Kier molecular flexibility index (Phi) is 3.92. The Morgan fingerprint density at radius 2 is 2.06 bits per heavy atom. The van der Waals surface area contributed by atoms with Crippen LogP contribution in [0.2, 0.25) is 0 Å². The number of hydrogen-bond acceptors (Lipinski definition) is 3. The Labute approximate surface area is 115 Å². The molecule has 98 valence electrons. The molecule has 0 radical (unpaired) electrons. The zero-order valence-corrected chi connectivity index (χ0v) is 11.8. The van der Waals surface area contributed by atoms with E-state index in [1.165, 1.54) is 0 Å². The van der Waals surface area contributed by atoms with Crippen molar-refractivity contribution in [3.8, 4) is 0 Å². The smallest absolute Gasteiger partial charge is 0.335 e. The van der Waals surface area contributed by atoms with Crippen LogP contribution in [0.25, 0.3) is 0 Å². The third-order valence-electron chi connectivity index (χ3n) is 3.48. The zero-order chi connectivity index (χ0) is 13.3. The van der Waals surface area contributed by atoms with Crippen molar-refractivity contribution in [2.24, 2.45) is 5.73 Å². The summed E-state index contributed by atoms with van der Waals surface area (Å²) in [5, 5.41) is 8.88. The average Bonchev–Trinajstić information content (AvgIpc) is 2.34. The number of anilines is 1. The van der Waals surface area contributed by atoms with Gasteiger partial charge in [0.05, 0.1) is 5.56 Å². The van der Waals surface area contributed by atoms with Gasteiger partial charge < -0.3 is 15.7 Å². The predicted octanol–water partition coefficient (Wildman–Crippen LogP) is 2.07. The number of carboxylic acids is 1. The highest BCUT2D eigenvalue weighted by Crippen LogP contribution is 2.27. The Morgan fingerprint density at radius 3 is 2.61 bits per heavy atom. The molecule has 3 atom stereocenters. The van der Waals surface area contributed by atoms with E-state index in [0.717, 1.165) is 18.7 Å². The standard InChI is InChI=1S/C13H17BrN2O2/c1-8-12(15)6-10(14)7-16(8)11-4-2-9(3-5-11)13(17)18/h2-5,8,10,12H,6-7,15H2,1H3,(H,17,18). The van der Waals surface area contributed by atoms with Crippen molar-refractivity contribution in [1.82, 2.24) is 0 Å². The SMILES string of the molecule is CC1C(N)CC(Br)CN1c1ccc(C(=O)O)cc1. The lowest BCUT2D eigenvalue weighted by Crippen LogP contribution is -2.54. The number of halogens is 1. The molecule has 1 heterocycles. The van der Waals surface area contributed by atoms with Gasteiger partial charge in [0.15, 0.2) is 0 Å². The number of carboxylic acid groups (broad SMARTS) is 1. The number of hydrogen-bond donors (Lipinski definition) is 2. The van der Waals surface area contributed by atoms with Crippen molar-refractivity contribution in [2.75, 3.05) is 11.4 Å². The van der Waals surface area contributed by atoms with Gasteiger partial charge in [-0.05, 0) is 37.6 Å². The molecule has 4 nitrogen and oxygen atoms in total. The van der Waals surface area contributed by atoms with Crippen LogP contribution in [0.1, 0.15) is 23.7 Å². The minimum atomic E-state index is -0.900. The number of benzene rings is 1. The number of rotatable bonds is 2. The third kappa shape index (κ3) is 2.67. The monoisotopic (exact) mass is 312 g/mol. The van der Waals surface area contributed by atoms with Crippen molar-refractivity contribution in [2.45, 2.75) is 30.3 Å². The number of carbonyl (C=O) groups is 1. The van der Waals surface area contributed by atoms with Crippen LogP contribution < -0.4 is 10.6 Å². The van der Waals surface area contributed by atoms with Gasteiger partial charge in [0.2, 0.25) is 0 Å². The largest absolute Gasteiger partial charge is 0.478 e. The summed E-state index contributed by atoms with van der Waals surface area (Å²) in [4.78, 5) is 13.4. The Morgan fingerprint density at radius 1 is 1.44 bits per heavy atom. The summed E-state index contributed by atoms with van der Waals surface area (Å²) in [5.41, 5.74) is 7.44. The van der Waals surface area contributed by atoms with Gasteiger partial charge >= 0.3 is 5.97 Å². The van der Waals surface area contributed by atoms with Crippen LogP contribution in [0.5, 0.6) is 0 Å². The Balaban J connectivity index is 2.21. The molecule has 18 heavy (non-hydrogen) atoms. The number of piperidine rings is 1. The first-order valence-electron chi connectivity index (χ1n) is 5.98. The van der Waals surface area contributed by atoms with Crippen molar-refractivity contribution in [3.63, 3.8) is 0 Å². The van der Waals surface area contributed by atoms with E-state index in [1.807, 2.05) is 12.1 Å². The minimum absolute atomic E-state index is 0.127. The van der Waals surface area contributed by atoms with E-state index in [9.17, 15) is 4.79 Å². The van der Waals surface area contributed by atoms with E-state index in [4.69, 9.17) is 10.8 Å². The highest BCUT2D eigenvalue weighted by Gasteiger charge is 2.30. The van der Waals surface area contributed by atoms with Gasteiger partial charge in [-0.2, -0.15) is 0 Å². The fraction of sp³-hybridized carbons (Fsp3) is 0.462. The number of nitrogens with two attached hydrogens (primary N) is 1. The highest BCUT2D eigenvalue weighted by molar-refractivity contribution is 9.09. The summed E-state index contributed by atoms with van der Waals surface area (Å²) in [5.74, 6) is -0.900. The summed E-state index contributed by atoms with van der Waals surface area (Å²) in [6.45, 7) is 3.00. The molecule has 3 N–H and O–H groups in total. The molecule has 0 aliphatic carbocycles. The molecular weight excluding hydrogens is 296 g/mol. The zero-order valence-electron chi connectivity index (χ0n) is 10.2. The average molecular weight is 313 g/mol. The second-order valence-corrected chi connectivity index (χ2v) is 6.04. The van der Waals surface area contributed by atoms with Gasteiger partial charge in [0, 0.05) is 29.1 Å². The van der Waals surface area contributed by atoms with E-state index >= 15 is 0 Å². The van der Waals surface area contributed by atoms with Gasteiger partial charge in [-0.3, -0.25) is 0 Å². The van der Waals surface area contributed by atoms with Crippen molar-refractivity contribution < 1.29 is 9.90 Å². The van der Waals surface area contributed by atoms with Crippen molar-refractivity contribution in [3.05, 3.63) is 29.8 Å². The molecule has 0 saturated carbocycles. The molecule has 0 aromatic heterocycles. The number of alkyl halides is 1. The van der Waals surface area contributed by atoms with Crippen LogP contribution in [-0.4, -0.2) is 34.5 Å². The molecule has 3 unspecified atom stereocenters. The first-order chi connectivity index (χ1) is 8.49. The summed E-state index contributed by atoms with van der Waals surface area (Å²) in [6, 6.07) is 7.34. The van der Waals surface area contributed by atoms with E-state index in [1.54, 1.807) is 12.1 Å². The Hall–Kier alpha value is -1.07. The van der Waals surface area contributed by atoms with Crippen LogP contribution in [0.4, 0.5) is 5.69 Å². The van der Waals surface area contributed by atoms with E-state index in [0.29, 0.717) is 10.4 Å². The maximum absolute atomic E-state index is 10.8. The van der Waals surface area contributed by atoms with Crippen LogP contribution in [-0.2, 0) is 0 Å². The van der Waals surface area contributed by atoms with E-state index in [-0.39, 0.29) is 12.1 Å². The second-order valence-electron chi connectivity index (χ2n) is 4.74. The van der Waals surface area contributed by atoms with Crippen molar-refractivity contribution in [1.29, 1.82) is 0 Å². The van der Waals surface area contributed by atoms with Crippen molar-refractivity contribution >= 4 is 27.6 Å². The molecule has 0 spiro atoms. The summed E-state index contributed by atoms with van der Waals surface area (Å²) >= 11 is 3.62. The van der Waals surface area contributed by atoms with Crippen LogP contribution in [0.3, 0.4) is 0 Å².